The lowest BCUT2D eigenvalue weighted by molar-refractivity contribution is 0.00578. The highest BCUT2D eigenvalue weighted by atomic mass is 19.1. The molecular formula is C11H19BFN3O2. The van der Waals surface area contributed by atoms with Crippen LogP contribution < -0.4 is 0 Å². The second-order valence-corrected chi connectivity index (χ2v) is 5.53. The molecule has 0 amide bonds. The summed E-state index contributed by atoms with van der Waals surface area (Å²) in [4.78, 5) is 2.64. The van der Waals surface area contributed by atoms with Crippen LogP contribution in [0.1, 0.15) is 34.6 Å². The Morgan fingerprint density at radius 3 is 2.33 bits per heavy atom. The molecule has 1 atom stereocenters. The molecular weight excluding hydrogens is 236 g/mol. The summed E-state index contributed by atoms with van der Waals surface area (Å²) in [6.07, 6.45) is 1.37. The highest BCUT2D eigenvalue weighted by molar-refractivity contribution is 6.53. The van der Waals surface area contributed by atoms with E-state index >= 15 is 0 Å². The fourth-order valence-electron chi connectivity index (χ4n) is 1.52. The molecule has 0 aromatic carbocycles. The minimum absolute atomic E-state index is 0.195. The van der Waals surface area contributed by atoms with Gasteiger partial charge in [-0.2, -0.15) is 0 Å². The Morgan fingerprint density at radius 1 is 1.39 bits per heavy atom. The number of nitrogens with zero attached hydrogens (tertiary/aromatic N) is 3. The lowest BCUT2D eigenvalue weighted by atomic mass is 9.86. The fourth-order valence-corrected chi connectivity index (χ4v) is 1.52. The third-order valence-corrected chi connectivity index (χ3v) is 3.36. The molecule has 0 saturated carbocycles. The maximum absolute atomic E-state index is 13.9. The Balaban J connectivity index is 2.72. The highest BCUT2D eigenvalue weighted by Gasteiger charge is 2.53. The number of rotatable bonds is 4. The van der Waals surface area contributed by atoms with Crippen molar-refractivity contribution in [2.24, 2.45) is 11.0 Å². The van der Waals surface area contributed by atoms with E-state index in [4.69, 9.17) is 14.8 Å². The molecule has 0 aromatic heterocycles. The average molecular weight is 255 g/mol. The molecule has 0 aliphatic carbocycles. The van der Waals surface area contributed by atoms with Crippen LogP contribution in [0.5, 0.6) is 0 Å². The van der Waals surface area contributed by atoms with Gasteiger partial charge in [0.1, 0.15) is 5.73 Å². The molecule has 1 aliphatic rings. The minimum Gasteiger partial charge on any atom is -0.398 e. The van der Waals surface area contributed by atoms with Gasteiger partial charge in [0.05, 0.1) is 11.2 Å². The lowest BCUT2D eigenvalue weighted by Crippen LogP contribution is -2.41. The molecule has 1 heterocycles. The number of hydrogen-bond donors (Lipinski definition) is 0. The Morgan fingerprint density at radius 2 is 1.89 bits per heavy atom. The van der Waals surface area contributed by atoms with Crippen LogP contribution in [0.15, 0.2) is 16.9 Å². The predicted molar refractivity (Wildman–Crippen MR) is 68.5 cm³/mol. The third kappa shape index (κ3) is 3.25. The molecule has 7 heteroatoms. The second-order valence-electron chi connectivity index (χ2n) is 5.53. The van der Waals surface area contributed by atoms with E-state index in [0.717, 1.165) is 0 Å². The van der Waals surface area contributed by atoms with Crippen molar-refractivity contribution < 1.29 is 13.7 Å². The van der Waals surface area contributed by atoms with Crippen molar-refractivity contribution in [3.63, 3.8) is 0 Å². The van der Waals surface area contributed by atoms with Crippen LogP contribution in [0, 0.1) is 5.92 Å². The predicted octanol–water partition coefficient (Wildman–Crippen LogP) is 3.42. The molecule has 1 saturated heterocycles. The number of halogens is 1. The van der Waals surface area contributed by atoms with E-state index < -0.39 is 24.0 Å². The summed E-state index contributed by atoms with van der Waals surface area (Å²) in [6.45, 7) is 9.43. The van der Waals surface area contributed by atoms with Crippen molar-refractivity contribution in [1.82, 2.24) is 0 Å². The standard InChI is InChI=1S/C11H19BFN3O2/c1-8(7-15-16-14)6-9(13)12-17-10(2,3)11(4,5)18-12/h6,8H,7H2,1-5H3. The highest BCUT2D eigenvalue weighted by Crippen LogP contribution is 2.38. The largest absolute Gasteiger partial charge is 0.524 e. The van der Waals surface area contributed by atoms with Crippen molar-refractivity contribution in [2.75, 3.05) is 6.54 Å². The molecule has 100 valence electrons. The van der Waals surface area contributed by atoms with Crippen LogP contribution in [0.4, 0.5) is 4.39 Å². The fraction of sp³-hybridized carbons (Fsp3) is 0.818. The summed E-state index contributed by atoms with van der Waals surface area (Å²) in [5.74, 6) is -0.195. The Labute approximate surface area is 107 Å². The lowest BCUT2D eigenvalue weighted by Gasteiger charge is -2.32. The van der Waals surface area contributed by atoms with E-state index in [-0.39, 0.29) is 12.5 Å². The van der Waals surface area contributed by atoms with Gasteiger partial charge in [0.2, 0.25) is 0 Å². The van der Waals surface area contributed by atoms with Gasteiger partial charge in [-0.05, 0) is 39.1 Å². The van der Waals surface area contributed by atoms with Crippen LogP contribution in [0.3, 0.4) is 0 Å². The van der Waals surface area contributed by atoms with E-state index in [2.05, 4.69) is 10.0 Å². The van der Waals surface area contributed by atoms with Gasteiger partial charge in [-0.15, -0.1) is 0 Å². The quantitative estimate of drug-likeness (QED) is 0.334. The molecule has 0 spiro atoms. The van der Waals surface area contributed by atoms with Gasteiger partial charge < -0.3 is 9.31 Å². The first-order chi connectivity index (χ1) is 8.19. The van der Waals surface area contributed by atoms with E-state index in [1.54, 1.807) is 6.92 Å². The second kappa shape index (κ2) is 5.30. The first-order valence-electron chi connectivity index (χ1n) is 5.93. The molecule has 1 unspecified atom stereocenters. The number of hydrogen-bond acceptors (Lipinski definition) is 3. The van der Waals surface area contributed by atoms with Crippen molar-refractivity contribution >= 4 is 7.12 Å². The zero-order valence-electron chi connectivity index (χ0n) is 11.5. The van der Waals surface area contributed by atoms with Crippen LogP contribution in [0.2, 0.25) is 0 Å². The first kappa shape index (κ1) is 15.0. The van der Waals surface area contributed by atoms with Gasteiger partial charge in [0.25, 0.3) is 0 Å². The van der Waals surface area contributed by atoms with Crippen molar-refractivity contribution in [3.8, 4) is 0 Å². The Kier molecular flexibility index (Phi) is 4.43. The maximum Gasteiger partial charge on any atom is 0.524 e. The molecule has 0 N–H and O–H groups in total. The summed E-state index contributed by atoms with van der Waals surface area (Å²) < 4.78 is 25.1. The molecule has 0 bridgehead atoms. The first-order valence-corrected chi connectivity index (χ1v) is 5.93. The third-order valence-electron chi connectivity index (χ3n) is 3.36. The van der Waals surface area contributed by atoms with E-state index in [0.29, 0.717) is 0 Å². The molecule has 5 nitrogen and oxygen atoms in total. The summed E-state index contributed by atoms with van der Waals surface area (Å²) in [5.41, 5.74) is 6.60. The maximum atomic E-state index is 13.9. The molecule has 1 aliphatic heterocycles. The minimum atomic E-state index is -0.983. The molecule has 1 fully saturated rings. The molecule has 1 rings (SSSR count). The van der Waals surface area contributed by atoms with Gasteiger partial charge >= 0.3 is 7.12 Å². The van der Waals surface area contributed by atoms with Gasteiger partial charge in [0, 0.05) is 11.5 Å². The summed E-state index contributed by atoms with van der Waals surface area (Å²) in [5, 5.41) is 3.40. The van der Waals surface area contributed by atoms with E-state index in [1.165, 1.54) is 6.08 Å². The molecule has 18 heavy (non-hydrogen) atoms. The Bertz CT molecular complexity index is 376. The normalized spacial score (nSPS) is 23.7. The topological polar surface area (TPSA) is 67.2 Å². The molecule has 0 radical (unpaired) electrons. The van der Waals surface area contributed by atoms with Gasteiger partial charge in [-0.1, -0.05) is 18.1 Å². The smallest absolute Gasteiger partial charge is 0.398 e. The van der Waals surface area contributed by atoms with Gasteiger partial charge in [-0.3, -0.25) is 0 Å². The SMILES string of the molecule is CC(C=C(F)B1OC(C)(C)C(C)(C)O1)CN=[N+]=[N-]. The van der Waals surface area contributed by atoms with E-state index in [9.17, 15) is 4.39 Å². The van der Waals surface area contributed by atoms with E-state index in [1.807, 2.05) is 27.7 Å². The van der Waals surface area contributed by atoms with Gasteiger partial charge in [0.15, 0.2) is 0 Å². The van der Waals surface area contributed by atoms with Crippen molar-refractivity contribution in [1.29, 1.82) is 0 Å². The monoisotopic (exact) mass is 255 g/mol. The molecule has 0 aromatic rings. The van der Waals surface area contributed by atoms with Crippen LogP contribution >= 0.6 is 0 Å². The Hall–Kier alpha value is -1.04. The van der Waals surface area contributed by atoms with Crippen LogP contribution in [-0.2, 0) is 9.31 Å². The zero-order chi connectivity index (χ0) is 14.0. The van der Waals surface area contributed by atoms with Crippen molar-refractivity contribution in [3.05, 3.63) is 22.2 Å². The zero-order valence-corrected chi connectivity index (χ0v) is 11.5. The van der Waals surface area contributed by atoms with Gasteiger partial charge in [-0.25, -0.2) is 4.39 Å². The summed E-state index contributed by atoms with van der Waals surface area (Å²) in [7, 11) is -0.983. The van der Waals surface area contributed by atoms with Crippen LogP contribution in [0.25, 0.3) is 10.4 Å². The van der Waals surface area contributed by atoms with Crippen molar-refractivity contribution in [2.45, 2.75) is 45.8 Å². The average Bonchev–Trinajstić information content (AvgIpc) is 2.45. The summed E-state index contributed by atoms with van der Waals surface area (Å²) >= 11 is 0. The number of azide groups is 1. The van der Waals surface area contributed by atoms with Crippen LogP contribution in [-0.4, -0.2) is 24.9 Å². The summed E-state index contributed by atoms with van der Waals surface area (Å²) in [6, 6.07) is 0.